The molecule has 4 rings (SSSR count). The van der Waals surface area contributed by atoms with Crippen LogP contribution in [0.3, 0.4) is 0 Å². The summed E-state index contributed by atoms with van der Waals surface area (Å²) in [5.41, 5.74) is -0.627. The third-order valence-corrected chi connectivity index (χ3v) is 6.20. The fourth-order valence-corrected chi connectivity index (χ4v) is 4.49. The Bertz CT molecular complexity index is 1650. The molecular weight excluding hydrogens is 565 g/mol. The number of nitrogens with one attached hydrogen (secondary N) is 1. The van der Waals surface area contributed by atoms with Gasteiger partial charge in [0.15, 0.2) is 5.75 Å². The average molecular weight is 589 g/mol. The normalized spacial score (nSPS) is 11.3. The summed E-state index contributed by atoms with van der Waals surface area (Å²) in [4.78, 5) is 36.9. The van der Waals surface area contributed by atoms with Crippen LogP contribution in [0.2, 0.25) is 0 Å². The lowest BCUT2D eigenvalue weighted by Gasteiger charge is -2.19. The molecule has 214 valence electrons. The number of nitrogens with zero attached hydrogens (tertiary/aromatic N) is 1. The maximum absolute atomic E-state index is 13.7. The topological polar surface area (TPSA) is 95.9 Å². The van der Waals surface area contributed by atoms with Crippen molar-refractivity contribution in [3.63, 3.8) is 0 Å². The summed E-state index contributed by atoms with van der Waals surface area (Å²) in [7, 11) is 0. The second kappa shape index (κ2) is 12.3. The zero-order valence-corrected chi connectivity index (χ0v) is 22.6. The molecule has 3 aromatic carbocycles. The molecule has 12 heteroatoms. The molecule has 1 heterocycles. The van der Waals surface area contributed by atoms with E-state index in [-0.39, 0.29) is 52.7 Å². The van der Waals surface area contributed by atoms with Gasteiger partial charge in [-0.1, -0.05) is 18.2 Å². The number of halogens is 4. The molecule has 0 bridgehead atoms. The van der Waals surface area contributed by atoms with Crippen molar-refractivity contribution in [3.8, 4) is 17.2 Å². The summed E-state index contributed by atoms with van der Waals surface area (Å²) >= 11 is 6.28. The van der Waals surface area contributed by atoms with Crippen LogP contribution in [0.25, 0.3) is 10.9 Å². The van der Waals surface area contributed by atoms with Crippen molar-refractivity contribution < 1.29 is 37.0 Å². The van der Waals surface area contributed by atoms with Crippen LogP contribution in [0.15, 0.2) is 71.7 Å². The molecule has 0 atom stereocenters. The molecule has 0 aliphatic heterocycles. The molecule has 41 heavy (non-hydrogen) atoms. The van der Waals surface area contributed by atoms with Crippen molar-refractivity contribution in [3.05, 3.63) is 93.8 Å². The number of hydrogen-bond acceptors (Lipinski definition) is 6. The summed E-state index contributed by atoms with van der Waals surface area (Å²) in [5, 5.41) is 2.64. The lowest BCUT2D eigenvalue weighted by molar-refractivity contribution is -0.138. The number of carbonyl (C=O) groups is 2. The number of amides is 1. The highest BCUT2D eigenvalue weighted by molar-refractivity contribution is 6.18. The van der Waals surface area contributed by atoms with E-state index in [1.54, 1.807) is 37.3 Å². The van der Waals surface area contributed by atoms with Gasteiger partial charge in [-0.3, -0.25) is 9.59 Å². The van der Waals surface area contributed by atoms with Crippen LogP contribution in [0, 0.1) is 0 Å². The van der Waals surface area contributed by atoms with Gasteiger partial charge in [-0.25, -0.2) is 4.79 Å². The number of aromatic nitrogens is 1. The SMILES string of the molecule is CCOC(=O)Oc1cn(Cc2ccccc2C(F)(F)F)c2ccc(Oc3ccc(NC(C)=O)cc3)c(CCl)c2c1=O. The van der Waals surface area contributed by atoms with Gasteiger partial charge in [0.2, 0.25) is 11.3 Å². The minimum atomic E-state index is -4.62. The molecule has 0 saturated heterocycles. The Morgan fingerprint density at radius 3 is 2.34 bits per heavy atom. The second-order valence-corrected chi connectivity index (χ2v) is 9.04. The summed E-state index contributed by atoms with van der Waals surface area (Å²) < 4.78 is 58.5. The number of pyridine rings is 1. The van der Waals surface area contributed by atoms with E-state index in [4.69, 9.17) is 25.8 Å². The van der Waals surface area contributed by atoms with E-state index in [1.165, 1.54) is 35.8 Å². The number of fused-ring (bicyclic) bond motifs is 1. The van der Waals surface area contributed by atoms with Gasteiger partial charge in [-0.15, -0.1) is 11.6 Å². The van der Waals surface area contributed by atoms with Crippen molar-refractivity contribution >= 4 is 40.3 Å². The van der Waals surface area contributed by atoms with E-state index >= 15 is 0 Å². The largest absolute Gasteiger partial charge is 0.514 e. The van der Waals surface area contributed by atoms with Gasteiger partial charge in [-0.05, 0) is 55.0 Å². The number of benzene rings is 3. The fraction of sp³-hybridized carbons (Fsp3) is 0.207. The van der Waals surface area contributed by atoms with Gasteiger partial charge in [0, 0.05) is 24.7 Å². The smallest absolute Gasteiger partial charge is 0.457 e. The maximum Gasteiger partial charge on any atom is 0.514 e. The van der Waals surface area contributed by atoms with E-state index in [2.05, 4.69) is 5.32 Å². The molecule has 0 aliphatic rings. The number of alkyl halides is 4. The Morgan fingerprint density at radius 2 is 1.71 bits per heavy atom. The highest BCUT2D eigenvalue weighted by atomic mass is 35.5. The Hall–Kier alpha value is -4.51. The highest BCUT2D eigenvalue weighted by Gasteiger charge is 2.33. The monoisotopic (exact) mass is 588 g/mol. The molecule has 0 saturated carbocycles. The molecule has 8 nitrogen and oxygen atoms in total. The first-order chi connectivity index (χ1) is 19.5. The number of rotatable bonds is 8. The van der Waals surface area contributed by atoms with Gasteiger partial charge in [-0.2, -0.15) is 13.2 Å². The second-order valence-electron chi connectivity index (χ2n) is 8.77. The van der Waals surface area contributed by atoms with Crippen LogP contribution < -0.4 is 20.2 Å². The zero-order chi connectivity index (χ0) is 29.7. The number of anilines is 1. The Balaban J connectivity index is 1.86. The predicted octanol–water partition coefficient (Wildman–Crippen LogP) is 7.09. The number of ether oxygens (including phenoxy) is 3. The third-order valence-electron chi connectivity index (χ3n) is 5.94. The van der Waals surface area contributed by atoms with Crippen LogP contribution in [0.1, 0.15) is 30.5 Å². The molecule has 4 aromatic rings. The highest BCUT2D eigenvalue weighted by Crippen LogP contribution is 2.35. The molecule has 1 amide bonds. The van der Waals surface area contributed by atoms with Crippen molar-refractivity contribution in [1.29, 1.82) is 0 Å². The van der Waals surface area contributed by atoms with Crippen LogP contribution >= 0.6 is 11.6 Å². The third kappa shape index (κ3) is 6.80. The molecular formula is C29H24ClF3N2O6. The van der Waals surface area contributed by atoms with Crippen LogP contribution in [0.5, 0.6) is 17.2 Å². The van der Waals surface area contributed by atoms with Crippen molar-refractivity contribution in [2.24, 2.45) is 0 Å². The molecule has 0 fully saturated rings. The predicted molar refractivity (Wildman–Crippen MR) is 147 cm³/mol. The molecule has 0 unspecified atom stereocenters. The van der Waals surface area contributed by atoms with E-state index in [9.17, 15) is 27.6 Å². The average Bonchev–Trinajstić information content (AvgIpc) is 2.91. The van der Waals surface area contributed by atoms with Gasteiger partial charge < -0.3 is 24.1 Å². The lowest BCUT2D eigenvalue weighted by Crippen LogP contribution is -2.20. The zero-order valence-electron chi connectivity index (χ0n) is 21.9. The molecule has 0 spiro atoms. The van der Waals surface area contributed by atoms with Gasteiger partial charge in [0.1, 0.15) is 11.5 Å². The first-order valence-corrected chi connectivity index (χ1v) is 12.9. The lowest BCUT2D eigenvalue weighted by atomic mass is 10.0. The number of carbonyl (C=O) groups excluding carboxylic acids is 2. The molecule has 1 aromatic heterocycles. The first kappa shape index (κ1) is 29.5. The Kier molecular flexibility index (Phi) is 8.87. The van der Waals surface area contributed by atoms with Crippen LogP contribution in [0.4, 0.5) is 23.7 Å². The maximum atomic E-state index is 13.7. The van der Waals surface area contributed by atoms with Crippen molar-refractivity contribution in [1.82, 2.24) is 4.57 Å². The quantitative estimate of drug-likeness (QED) is 0.174. The van der Waals surface area contributed by atoms with Gasteiger partial charge in [0.05, 0.1) is 35.2 Å². The molecule has 0 radical (unpaired) electrons. The van der Waals surface area contributed by atoms with Crippen LogP contribution in [-0.4, -0.2) is 23.2 Å². The summed E-state index contributed by atoms with van der Waals surface area (Å²) in [6.45, 7) is 2.59. The molecule has 0 aliphatic carbocycles. The minimum Gasteiger partial charge on any atom is -0.457 e. The fourth-order valence-electron chi connectivity index (χ4n) is 4.23. The van der Waals surface area contributed by atoms with E-state index < -0.39 is 29.1 Å². The first-order valence-electron chi connectivity index (χ1n) is 12.3. The minimum absolute atomic E-state index is 0.00125. The molecule has 1 N–H and O–H groups in total. The van der Waals surface area contributed by atoms with Crippen LogP contribution in [-0.2, 0) is 28.1 Å². The van der Waals surface area contributed by atoms with Crippen molar-refractivity contribution in [2.45, 2.75) is 32.4 Å². The van der Waals surface area contributed by atoms with Gasteiger partial charge >= 0.3 is 12.3 Å². The standard InChI is InChI=1S/C29H24ClF3N2O6/c1-3-39-28(38)41-25-16-35(15-18-6-4-5-7-22(18)29(31,32)33)23-12-13-24(21(14-30)26(23)27(25)37)40-20-10-8-19(9-11-20)34-17(2)36/h4-13,16H,3,14-15H2,1-2H3,(H,34,36). The summed E-state index contributed by atoms with van der Waals surface area (Å²) in [6.07, 6.45) is -4.60. The summed E-state index contributed by atoms with van der Waals surface area (Å²) in [6, 6.07) is 14.5. The summed E-state index contributed by atoms with van der Waals surface area (Å²) in [5.74, 6) is -0.347. The Labute approximate surface area is 237 Å². The Morgan fingerprint density at radius 1 is 1.00 bits per heavy atom. The van der Waals surface area contributed by atoms with Gasteiger partial charge in [0.25, 0.3) is 0 Å². The number of hydrogen-bond donors (Lipinski definition) is 1. The van der Waals surface area contributed by atoms with E-state index in [1.807, 2.05) is 0 Å². The van der Waals surface area contributed by atoms with E-state index in [0.29, 0.717) is 11.4 Å². The van der Waals surface area contributed by atoms with E-state index in [0.717, 1.165) is 12.3 Å². The van der Waals surface area contributed by atoms with Crippen molar-refractivity contribution in [2.75, 3.05) is 11.9 Å².